The molecular formula is C15H29N4O8PS. The third-order valence-electron chi connectivity index (χ3n) is 3.68. The standard InChI is InChI=1S/C15H29N4O8PS/c1-4-25-28(24,26-5-2)14(15(22)23)18-8(3)11(16)12(17)13(21)19-9-7-29-10(6-20)27-9/h9-10,14,18,20,24,28H,3-7,16-17H2,1-2H3,(H,19,21)(H,22,23)/b12-11+. The zero-order valence-corrected chi connectivity index (χ0v) is 18.0. The molecule has 1 rings (SSSR count). The molecule has 168 valence electrons. The average molecular weight is 456 g/mol. The molecule has 0 aromatic heterocycles. The third-order valence-corrected chi connectivity index (χ3v) is 7.34. The number of rotatable bonds is 12. The third kappa shape index (κ3) is 7.00. The van der Waals surface area contributed by atoms with E-state index in [-0.39, 0.29) is 31.2 Å². The molecule has 9 N–H and O–H groups in total. The first-order chi connectivity index (χ1) is 13.6. The molecule has 1 aliphatic heterocycles. The van der Waals surface area contributed by atoms with Crippen molar-refractivity contribution in [3.8, 4) is 0 Å². The molecule has 29 heavy (non-hydrogen) atoms. The Morgan fingerprint density at radius 2 is 1.90 bits per heavy atom. The van der Waals surface area contributed by atoms with Crippen LogP contribution in [0.15, 0.2) is 23.7 Å². The van der Waals surface area contributed by atoms with E-state index in [1.807, 2.05) is 0 Å². The quantitative estimate of drug-likeness (QED) is 0.104. The van der Waals surface area contributed by atoms with Crippen molar-refractivity contribution < 1.29 is 38.5 Å². The normalized spacial score (nSPS) is 21.8. The van der Waals surface area contributed by atoms with E-state index in [9.17, 15) is 19.6 Å². The van der Waals surface area contributed by atoms with E-state index in [2.05, 4.69) is 17.2 Å². The first kappa shape index (κ1) is 25.4. The van der Waals surface area contributed by atoms with E-state index < -0.39 is 43.0 Å². The zero-order chi connectivity index (χ0) is 22.2. The van der Waals surface area contributed by atoms with Gasteiger partial charge < -0.3 is 0 Å². The number of amides is 1. The van der Waals surface area contributed by atoms with Crippen molar-refractivity contribution in [1.29, 1.82) is 0 Å². The second-order valence-electron chi connectivity index (χ2n) is 5.76. The van der Waals surface area contributed by atoms with E-state index >= 15 is 0 Å². The van der Waals surface area contributed by atoms with Gasteiger partial charge in [0.15, 0.2) is 0 Å². The van der Waals surface area contributed by atoms with Crippen LogP contribution in [0.1, 0.15) is 13.8 Å². The van der Waals surface area contributed by atoms with Gasteiger partial charge in [0, 0.05) is 0 Å². The molecule has 1 aliphatic rings. The summed E-state index contributed by atoms with van der Waals surface area (Å²) in [5, 5.41) is 23.4. The maximum atomic E-state index is 12.3. The first-order valence-corrected chi connectivity index (χ1v) is 11.6. The Labute approximate surface area is 173 Å². The van der Waals surface area contributed by atoms with Crippen molar-refractivity contribution in [2.75, 3.05) is 25.6 Å². The molecule has 1 fully saturated rings. The summed E-state index contributed by atoms with van der Waals surface area (Å²) in [6, 6.07) is 0. The molecule has 1 amide bonds. The molecule has 0 bridgehead atoms. The van der Waals surface area contributed by atoms with Crippen LogP contribution in [0.25, 0.3) is 0 Å². The molecule has 3 atom stereocenters. The van der Waals surface area contributed by atoms with Crippen molar-refractivity contribution in [2.24, 2.45) is 11.5 Å². The van der Waals surface area contributed by atoms with E-state index in [1.54, 1.807) is 13.8 Å². The Morgan fingerprint density at radius 3 is 2.34 bits per heavy atom. The van der Waals surface area contributed by atoms with Gasteiger partial charge in [-0.1, -0.05) is 0 Å². The average Bonchev–Trinajstić information content (AvgIpc) is 3.12. The van der Waals surface area contributed by atoms with Gasteiger partial charge in [0.1, 0.15) is 0 Å². The SMILES string of the molecule is C=C(NC(C(=O)O)[PH](O)(OCC)OCC)/C(N)=C(\N)C(=O)NC1CSC(CO)O1. The molecule has 0 saturated carbocycles. The van der Waals surface area contributed by atoms with E-state index in [0.29, 0.717) is 5.75 Å². The van der Waals surface area contributed by atoms with Crippen LogP contribution in [0.5, 0.6) is 0 Å². The number of nitrogens with two attached hydrogens (primary N) is 2. The molecule has 1 saturated heterocycles. The van der Waals surface area contributed by atoms with Gasteiger partial charge in [-0.25, -0.2) is 0 Å². The molecule has 12 nitrogen and oxygen atoms in total. The number of aliphatic hydroxyl groups excluding tert-OH is 1. The molecule has 1 heterocycles. The van der Waals surface area contributed by atoms with Crippen LogP contribution >= 0.6 is 19.7 Å². The molecule has 0 aromatic rings. The number of carboxylic acid groups (broad SMARTS) is 1. The molecule has 0 radical (unpaired) electrons. The molecule has 3 unspecified atom stereocenters. The number of carbonyl (C=O) groups is 2. The summed E-state index contributed by atoms with van der Waals surface area (Å²) in [7, 11) is -4.19. The summed E-state index contributed by atoms with van der Waals surface area (Å²) < 4.78 is 15.7. The summed E-state index contributed by atoms with van der Waals surface area (Å²) in [5.74, 6) is -3.48. The topological polar surface area (TPSA) is 199 Å². The van der Waals surface area contributed by atoms with Gasteiger partial charge in [-0.05, 0) is 0 Å². The predicted molar refractivity (Wildman–Crippen MR) is 109 cm³/mol. The minimum absolute atomic E-state index is 0.0186. The van der Waals surface area contributed by atoms with E-state index in [1.165, 1.54) is 11.8 Å². The van der Waals surface area contributed by atoms with E-state index in [4.69, 9.17) is 30.4 Å². The molecular weight excluding hydrogens is 427 g/mol. The fourth-order valence-electron chi connectivity index (χ4n) is 2.32. The Morgan fingerprint density at radius 1 is 1.31 bits per heavy atom. The number of aliphatic carboxylic acids is 1. The summed E-state index contributed by atoms with van der Waals surface area (Å²) >= 11 is 1.32. The van der Waals surface area contributed by atoms with Crippen molar-refractivity contribution >= 4 is 31.6 Å². The maximum absolute atomic E-state index is 12.3. The number of carboxylic acids is 1. The Bertz CT molecular complexity index is 644. The fraction of sp³-hybridized carbons (Fsp3) is 0.600. The summed E-state index contributed by atoms with van der Waals surface area (Å²) in [5.41, 5.74) is 10.2. The number of ether oxygens (including phenoxy) is 1. The van der Waals surface area contributed by atoms with Crippen LogP contribution in [-0.4, -0.2) is 70.0 Å². The van der Waals surface area contributed by atoms with Gasteiger partial charge in [0.05, 0.1) is 0 Å². The second-order valence-corrected chi connectivity index (χ2v) is 9.37. The van der Waals surface area contributed by atoms with Crippen LogP contribution in [0, 0.1) is 0 Å². The van der Waals surface area contributed by atoms with Crippen LogP contribution in [0.4, 0.5) is 0 Å². The number of thioether (sulfide) groups is 1. The minimum atomic E-state index is -4.19. The van der Waals surface area contributed by atoms with Crippen LogP contribution in [0.2, 0.25) is 0 Å². The number of hydrogen-bond acceptors (Lipinski definition) is 11. The van der Waals surface area contributed by atoms with Crippen molar-refractivity contribution in [2.45, 2.75) is 31.3 Å². The Balaban J connectivity index is 2.89. The molecule has 0 spiro atoms. The summed E-state index contributed by atoms with van der Waals surface area (Å²) in [6.45, 7) is 6.57. The van der Waals surface area contributed by atoms with Crippen molar-refractivity contribution in [1.82, 2.24) is 10.6 Å². The van der Waals surface area contributed by atoms with Gasteiger partial charge in [0.25, 0.3) is 0 Å². The first-order valence-electron chi connectivity index (χ1n) is 8.72. The molecule has 0 aromatic carbocycles. The van der Waals surface area contributed by atoms with Crippen LogP contribution < -0.4 is 22.1 Å². The van der Waals surface area contributed by atoms with Gasteiger partial charge in [0.2, 0.25) is 0 Å². The predicted octanol–water partition coefficient (Wildman–Crippen LogP) is -1.29. The van der Waals surface area contributed by atoms with E-state index in [0.717, 1.165) is 0 Å². The number of hydrogen-bond donors (Lipinski definition) is 7. The van der Waals surface area contributed by atoms with Crippen LogP contribution in [0.3, 0.4) is 0 Å². The Kier molecular flexibility index (Phi) is 10.1. The second kappa shape index (κ2) is 11.6. The molecule has 0 aliphatic carbocycles. The zero-order valence-electron chi connectivity index (χ0n) is 16.2. The number of aliphatic hydroxyl groups is 1. The van der Waals surface area contributed by atoms with Crippen LogP contribution in [-0.2, 0) is 23.4 Å². The van der Waals surface area contributed by atoms with Gasteiger partial charge in [-0.2, -0.15) is 0 Å². The number of carbonyl (C=O) groups excluding carboxylic acids is 1. The van der Waals surface area contributed by atoms with Gasteiger partial charge in [-0.3, -0.25) is 0 Å². The monoisotopic (exact) mass is 456 g/mol. The molecule has 14 heteroatoms. The van der Waals surface area contributed by atoms with Gasteiger partial charge >= 0.3 is 173 Å². The summed E-state index contributed by atoms with van der Waals surface area (Å²) in [4.78, 5) is 34.5. The van der Waals surface area contributed by atoms with Crippen molar-refractivity contribution in [3.63, 3.8) is 0 Å². The number of nitrogens with one attached hydrogen (secondary N) is 2. The summed E-state index contributed by atoms with van der Waals surface area (Å²) in [6.07, 6.45) is -0.669. The Hall–Kier alpha value is -1.60. The van der Waals surface area contributed by atoms with Gasteiger partial charge in [-0.15, -0.1) is 0 Å². The van der Waals surface area contributed by atoms with Crippen molar-refractivity contribution in [3.05, 3.63) is 23.7 Å². The fourth-order valence-corrected chi connectivity index (χ4v) is 5.10.